The first-order chi connectivity index (χ1) is 5.70. The van der Waals surface area contributed by atoms with Gasteiger partial charge in [0.25, 0.3) is 0 Å². The van der Waals surface area contributed by atoms with Gasteiger partial charge >= 0.3 is 6.09 Å². The summed E-state index contributed by atoms with van der Waals surface area (Å²) in [5.41, 5.74) is 0. The lowest BCUT2D eigenvalue weighted by Gasteiger charge is -2.00. The molecule has 0 saturated heterocycles. The summed E-state index contributed by atoms with van der Waals surface area (Å²) in [7, 11) is 0. The lowest BCUT2D eigenvalue weighted by Crippen LogP contribution is -2.01. The van der Waals surface area contributed by atoms with Gasteiger partial charge in [-0.15, -0.1) is 0 Å². The average Bonchev–Trinajstić information content (AvgIpc) is 2.02. The molecule has 12 heavy (non-hydrogen) atoms. The van der Waals surface area contributed by atoms with Crippen LogP contribution in [-0.2, 0) is 4.74 Å². The number of carbonyl (C=O) groups is 1. The van der Waals surface area contributed by atoms with Crippen molar-refractivity contribution >= 4 is 12.3 Å². The normalized spacial score (nSPS) is 13.2. The van der Waals surface area contributed by atoms with Crippen molar-refractivity contribution in [1.82, 2.24) is 0 Å². The van der Waals surface area contributed by atoms with Crippen LogP contribution in [0.5, 0.6) is 0 Å². The zero-order valence-corrected chi connectivity index (χ0v) is 8.04. The standard InChI is InChI=1S/C9H17NO2/c1-4-6-8(3)7-10-9(11)12-5-2/h7-8H,4-6H2,1-3H3. The zero-order chi connectivity index (χ0) is 9.40. The van der Waals surface area contributed by atoms with E-state index in [9.17, 15) is 4.79 Å². The number of carbonyl (C=O) groups excluding carboxylic acids is 1. The topological polar surface area (TPSA) is 38.7 Å². The minimum absolute atomic E-state index is 0.361. The molecule has 0 aliphatic rings. The van der Waals surface area contributed by atoms with Crippen LogP contribution < -0.4 is 0 Å². The van der Waals surface area contributed by atoms with Crippen molar-refractivity contribution in [2.45, 2.75) is 33.6 Å². The molecule has 0 fully saturated rings. The Hall–Kier alpha value is -0.860. The Balaban J connectivity index is 3.65. The van der Waals surface area contributed by atoms with E-state index in [4.69, 9.17) is 0 Å². The second-order valence-corrected chi connectivity index (χ2v) is 2.74. The van der Waals surface area contributed by atoms with Crippen molar-refractivity contribution in [3.05, 3.63) is 0 Å². The van der Waals surface area contributed by atoms with Crippen molar-refractivity contribution in [2.75, 3.05) is 6.61 Å². The Morgan fingerprint density at radius 2 is 2.25 bits per heavy atom. The molecule has 1 unspecified atom stereocenters. The highest BCUT2D eigenvalue weighted by Crippen LogP contribution is 2.01. The molecule has 0 aromatic heterocycles. The third-order valence-electron chi connectivity index (χ3n) is 1.45. The summed E-state index contributed by atoms with van der Waals surface area (Å²) >= 11 is 0. The second-order valence-electron chi connectivity index (χ2n) is 2.74. The third-order valence-corrected chi connectivity index (χ3v) is 1.45. The number of nitrogens with zero attached hydrogens (tertiary/aromatic N) is 1. The van der Waals surface area contributed by atoms with E-state index in [0.717, 1.165) is 12.8 Å². The van der Waals surface area contributed by atoms with Crippen molar-refractivity contribution in [3.63, 3.8) is 0 Å². The summed E-state index contributed by atoms with van der Waals surface area (Å²) in [5.74, 6) is 0.361. The Labute approximate surface area is 73.8 Å². The van der Waals surface area contributed by atoms with Crippen LogP contribution in [0.25, 0.3) is 0 Å². The monoisotopic (exact) mass is 171 g/mol. The third kappa shape index (κ3) is 5.89. The van der Waals surface area contributed by atoms with Crippen LogP contribution in [0.4, 0.5) is 4.79 Å². The molecule has 70 valence electrons. The SMILES string of the molecule is CCCC(C)C=NC(=O)OCC. The van der Waals surface area contributed by atoms with Crippen LogP contribution in [0.3, 0.4) is 0 Å². The molecular formula is C9H17NO2. The van der Waals surface area contributed by atoms with Gasteiger partial charge in [-0.2, -0.15) is 4.99 Å². The summed E-state index contributed by atoms with van der Waals surface area (Å²) in [6.07, 6.45) is 3.33. The van der Waals surface area contributed by atoms with Crippen LogP contribution in [-0.4, -0.2) is 18.9 Å². The molecule has 0 bridgehead atoms. The van der Waals surface area contributed by atoms with Crippen molar-refractivity contribution in [2.24, 2.45) is 10.9 Å². The quantitative estimate of drug-likeness (QED) is 0.610. The van der Waals surface area contributed by atoms with Gasteiger partial charge in [-0.25, -0.2) is 4.79 Å². The van der Waals surface area contributed by atoms with E-state index in [1.807, 2.05) is 6.92 Å². The van der Waals surface area contributed by atoms with E-state index in [0.29, 0.717) is 12.5 Å². The molecular weight excluding hydrogens is 154 g/mol. The van der Waals surface area contributed by atoms with Gasteiger partial charge in [0.15, 0.2) is 0 Å². The smallest absolute Gasteiger partial charge is 0.433 e. The predicted octanol–water partition coefficient (Wildman–Crippen LogP) is 2.65. The fourth-order valence-corrected chi connectivity index (χ4v) is 0.879. The number of ether oxygens (including phenoxy) is 1. The molecule has 3 heteroatoms. The van der Waals surface area contributed by atoms with Gasteiger partial charge in [-0.3, -0.25) is 0 Å². The summed E-state index contributed by atoms with van der Waals surface area (Å²) in [4.78, 5) is 14.4. The highest BCUT2D eigenvalue weighted by Gasteiger charge is 1.98. The van der Waals surface area contributed by atoms with Crippen molar-refractivity contribution < 1.29 is 9.53 Å². The molecule has 1 amide bonds. The molecule has 0 aliphatic heterocycles. The van der Waals surface area contributed by atoms with Crippen molar-refractivity contribution in [1.29, 1.82) is 0 Å². The van der Waals surface area contributed by atoms with E-state index in [1.165, 1.54) is 0 Å². The summed E-state index contributed by atoms with van der Waals surface area (Å²) in [6, 6.07) is 0. The van der Waals surface area contributed by atoms with Crippen LogP contribution in [0.1, 0.15) is 33.6 Å². The largest absolute Gasteiger partial charge is 0.448 e. The van der Waals surface area contributed by atoms with Gasteiger partial charge in [0.05, 0.1) is 6.61 Å². The molecule has 0 aromatic carbocycles. The van der Waals surface area contributed by atoms with E-state index in [-0.39, 0.29) is 0 Å². The van der Waals surface area contributed by atoms with Gasteiger partial charge in [0.2, 0.25) is 0 Å². The summed E-state index contributed by atoms with van der Waals surface area (Å²) in [5, 5.41) is 0. The van der Waals surface area contributed by atoms with E-state index in [2.05, 4.69) is 16.7 Å². The number of hydrogen-bond acceptors (Lipinski definition) is 2. The van der Waals surface area contributed by atoms with Gasteiger partial charge < -0.3 is 4.74 Å². The van der Waals surface area contributed by atoms with E-state index >= 15 is 0 Å². The van der Waals surface area contributed by atoms with E-state index < -0.39 is 6.09 Å². The van der Waals surface area contributed by atoms with Crippen LogP contribution in [0.2, 0.25) is 0 Å². The summed E-state index contributed by atoms with van der Waals surface area (Å²) in [6.45, 7) is 6.29. The highest BCUT2D eigenvalue weighted by molar-refractivity contribution is 5.79. The maximum atomic E-state index is 10.7. The predicted molar refractivity (Wildman–Crippen MR) is 49.6 cm³/mol. The number of hydrogen-bond donors (Lipinski definition) is 0. The molecule has 1 atom stereocenters. The lowest BCUT2D eigenvalue weighted by molar-refractivity contribution is 0.163. The number of amides is 1. The maximum Gasteiger partial charge on any atom is 0.433 e. The van der Waals surface area contributed by atoms with Crippen LogP contribution >= 0.6 is 0 Å². The first-order valence-electron chi connectivity index (χ1n) is 4.41. The second kappa shape index (κ2) is 6.83. The first kappa shape index (κ1) is 11.1. The maximum absolute atomic E-state index is 10.7. The Morgan fingerprint density at radius 1 is 1.58 bits per heavy atom. The van der Waals surface area contributed by atoms with Gasteiger partial charge in [-0.1, -0.05) is 20.3 Å². The molecule has 0 N–H and O–H groups in total. The first-order valence-corrected chi connectivity index (χ1v) is 4.41. The fourth-order valence-electron chi connectivity index (χ4n) is 0.879. The fraction of sp³-hybridized carbons (Fsp3) is 0.778. The molecule has 3 nitrogen and oxygen atoms in total. The average molecular weight is 171 g/mol. The Bertz CT molecular complexity index is 155. The van der Waals surface area contributed by atoms with E-state index in [1.54, 1.807) is 13.1 Å². The molecule has 0 heterocycles. The minimum atomic E-state index is -0.486. The molecule has 0 saturated carbocycles. The molecule has 0 radical (unpaired) electrons. The molecule has 0 rings (SSSR count). The molecule has 0 aromatic rings. The Morgan fingerprint density at radius 3 is 2.75 bits per heavy atom. The van der Waals surface area contributed by atoms with Gasteiger partial charge in [0.1, 0.15) is 0 Å². The van der Waals surface area contributed by atoms with Crippen LogP contribution in [0, 0.1) is 5.92 Å². The number of aliphatic imine (C=N–C) groups is 1. The molecule has 0 spiro atoms. The Kier molecular flexibility index (Phi) is 6.34. The highest BCUT2D eigenvalue weighted by atomic mass is 16.5. The summed E-state index contributed by atoms with van der Waals surface area (Å²) < 4.78 is 4.63. The zero-order valence-electron chi connectivity index (χ0n) is 8.04. The lowest BCUT2D eigenvalue weighted by atomic mass is 10.1. The van der Waals surface area contributed by atoms with Crippen molar-refractivity contribution in [3.8, 4) is 0 Å². The van der Waals surface area contributed by atoms with Gasteiger partial charge in [-0.05, 0) is 19.3 Å². The molecule has 0 aliphatic carbocycles. The van der Waals surface area contributed by atoms with Gasteiger partial charge in [0, 0.05) is 6.21 Å². The van der Waals surface area contributed by atoms with Crippen LogP contribution in [0.15, 0.2) is 4.99 Å². The number of rotatable bonds is 4. The minimum Gasteiger partial charge on any atom is -0.448 e.